The van der Waals surface area contributed by atoms with Gasteiger partial charge in [0, 0.05) is 43.8 Å². The van der Waals surface area contributed by atoms with Crippen molar-refractivity contribution in [3.63, 3.8) is 0 Å². The quantitative estimate of drug-likeness (QED) is 0.225. The smallest absolute Gasteiger partial charge is 0.338 e. The third-order valence-corrected chi connectivity index (χ3v) is 6.34. The Bertz CT molecular complexity index is 1250. The Morgan fingerprint density at radius 3 is 2.31 bits per heavy atom. The summed E-state index contributed by atoms with van der Waals surface area (Å²) in [5.41, 5.74) is 3.46. The first-order chi connectivity index (χ1) is 17.1. The summed E-state index contributed by atoms with van der Waals surface area (Å²) in [6.07, 6.45) is 0. The zero-order valence-corrected chi connectivity index (χ0v) is 21.5. The van der Waals surface area contributed by atoms with E-state index in [0.717, 1.165) is 25.2 Å². The fourth-order valence-corrected chi connectivity index (χ4v) is 4.48. The molecule has 4 rings (SSSR count). The second-order valence-corrected chi connectivity index (χ2v) is 10.3. The van der Waals surface area contributed by atoms with Crippen molar-refractivity contribution in [2.24, 2.45) is 0 Å². The van der Waals surface area contributed by atoms with E-state index in [1.54, 1.807) is 32.9 Å². The van der Waals surface area contributed by atoms with Crippen LogP contribution in [-0.2, 0) is 11.3 Å². The number of hydrogen-bond donors (Lipinski definition) is 0. The molecule has 1 saturated heterocycles. The van der Waals surface area contributed by atoms with Crippen LogP contribution in [0.1, 0.15) is 36.7 Å². The van der Waals surface area contributed by atoms with Gasteiger partial charge in [-0.1, -0.05) is 48.0 Å². The maximum Gasteiger partial charge on any atom is 0.338 e. The fraction of sp³-hybridized carbons (Fsp3) is 0.321. The van der Waals surface area contributed by atoms with Gasteiger partial charge in [0.25, 0.3) is 5.69 Å². The molecular weight excluding hydrogens is 478 g/mol. The SMILES string of the molecule is CC(C)(C)OC(=O)c1ccc(N2CCN(Cc3ccccc3-c3ccc(Cl)cc3)CC2)c([N+](=O)[O-])c1. The molecule has 1 heterocycles. The van der Waals surface area contributed by atoms with Crippen molar-refractivity contribution in [2.45, 2.75) is 32.9 Å². The lowest BCUT2D eigenvalue weighted by atomic mass is 9.99. The third kappa shape index (κ3) is 6.22. The van der Waals surface area contributed by atoms with Crippen LogP contribution in [0.15, 0.2) is 66.7 Å². The van der Waals surface area contributed by atoms with Gasteiger partial charge in [0.1, 0.15) is 11.3 Å². The number of rotatable bonds is 6. The molecule has 1 fully saturated rings. The molecular formula is C28H30ClN3O4. The van der Waals surface area contributed by atoms with Crippen molar-refractivity contribution >= 4 is 28.9 Å². The lowest BCUT2D eigenvalue weighted by molar-refractivity contribution is -0.384. The van der Waals surface area contributed by atoms with Crippen LogP contribution in [0.2, 0.25) is 5.02 Å². The zero-order valence-electron chi connectivity index (χ0n) is 20.7. The van der Waals surface area contributed by atoms with Gasteiger partial charge in [-0.25, -0.2) is 4.79 Å². The topological polar surface area (TPSA) is 75.9 Å². The number of hydrogen-bond acceptors (Lipinski definition) is 6. The Labute approximate surface area is 216 Å². The summed E-state index contributed by atoms with van der Waals surface area (Å²) in [5.74, 6) is -0.568. The molecule has 0 spiro atoms. The first-order valence-corrected chi connectivity index (χ1v) is 12.3. The zero-order chi connectivity index (χ0) is 25.9. The van der Waals surface area contributed by atoms with E-state index in [-0.39, 0.29) is 11.3 Å². The highest BCUT2D eigenvalue weighted by Crippen LogP contribution is 2.32. The van der Waals surface area contributed by atoms with E-state index in [2.05, 4.69) is 17.0 Å². The predicted molar refractivity (Wildman–Crippen MR) is 143 cm³/mol. The third-order valence-electron chi connectivity index (χ3n) is 6.09. The van der Waals surface area contributed by atoms with Crippen LogP contribution in [0.3, 0.4) is 0 Å². The van der Waals surface area contributed by atoms with E-state index in [1.807, 2.05) is 41.3 Å². The summed E-state index contributed by atoms with van der Waals surface area (Å²) in [5, 5.41) is 12.5. The highest BCUT2D eigenvalue weighted by atomic mass is 35.5. The molecule has 7 nitrogen and oxygen atoms in total. The number of esters is 1. The molecule has 0 N–H and O–H groups in total. The Morgan fingerprint density at radius 1 is 1.00 bits per heavy atom. The Morgan fingerprint density at radius 2 is 1.67 bits per heavy atom. The lowest BCUT2D eigenvalue weighted by Crippen LogP contribution is -2.46. The number of piperazine rings is 1. The average molecular weight is 508 g/mol. The van der Waals surface area contributed by atoms with Gasteiger partial charge in [-0.15, -0.1) is 0 Å². The summed E-state index contributed by atoms with van der Waals surface area (Å²) in [6, 6.07) is 20.7. The van der Waals surface area contributed by atoms with Gasteiger partial charge in [0.15, 0.2) is 0 Å². The Hall–Kier alpha value is -3.42. The summed E-state index contributed by atoms with van der Waals surface area (Å²) < 4.78 is 5.37. The van der Waals surface area contributed by atoms with Crippen LogP contribution in [0.4, 0.5) is 11.4 Å². The lowest BCUT2D eigenvalue weighted by Gasteiger charge is -2.36. The monoisotopic (exact) mass is 507 g/mol. The first-order valence-electron chi connectivity index (χ1n) is 11.9. The second-order valence-electron chi connectivity index (χ2n) is 9.89. The van der Waals surface area contributed by atoms with Gasteiger partial charge >= 0.3 is 5.97 Å². The molecule has 1 aliphatic rings. The number of anilines is 1. The van der Waals surface area contributed by atoms with Crippen molar-refractivity contribution in [3.8, 4) is 11.1 Å². The van der Waals surface area contributed by atoms with Crippen LogP contribution in [0, 0.1) is 10.1 Å². The molecule has 0 radical (unpaired) electrons. The van der Waals surface area contributed by atoms with E-state index < -0.39 is 16.5 Å². The average Bonchev–Trinajstić information content (AvgIpc) is 2.84. The summed E-state index contributed by atoms with van der Waals surface area (Å²) >= 11 is 6.06. The molecule has 36 heavy (non-hydrogen) atoms. The van der Waals surface area contributed by atoms with Gasteiger partial charge in [-0.2, -0.15) is 0 Å². The largest absolute Gasteiger partial charge is 0.456 e. The molecule has 0 unspecified atom stereocenters. The molecule has 0 aromatic heterocycles. The number of nitro groups is 1. The number of nitrogens with zero attached hydrogens (tertiary/aromatic N) is 3. The maximum absolute atomic E-state index is 12.4. The standard InChI is InChI=1S/C28H30ClN3O4/c1-28(2,3)36-27(33)21-10-13-25(26(18-21)32(34)35)31-16-14-30(15-17-31)19-22-6-4-5-7-24(22)20-8-11-23(29)12-9-20/h4-13,18H,14-17,19H2,1-3H3. The Kier molecular flexibility index (Phi) is 7.62. The second kappa shape index (κ2) is 10.7. The minimum atomic E-state index is -0.674. The minimum Gasteiger partial charge on any atom is -0.456 e. The number of ether oxygens (including phenoxy) is 1. The minimum absolute atomic E-state index is 0.0834. The van der Waals surface area contributed by atoms with Crippen molar-refractivity contribution in [3.05, 3.63) is 93.0 Å². The molecule has 0 bridgehead atoms. The molecule has 8 heteroatoms. The van der Waals surface area contributed by atoms with E-state index >= 15 is 0 Å². The van der Waals surface area contributed by atoms with E-state index in [4.69, 9.17) is 16.3 Å². The van der Waals surface area contributed by atoms with E-state index in [0.29, 0.717) is 23.8 Å². The van der Waals surface area contributed by atoms with Gasteiger partial charge in [-0.05, 0) is 61.7 Å². The number of carbonyl (C=O) groups is 1. The van der Waals surface area contributed by atoms with Crippen LogP contribution in [-0.4, -0.2) is 47.6 Å². The highest BCUT2D eigenvalue weighted by Gasteiger charge is 2.27. The first kappa shape index (κ1) is 25.7. The molecule has 0 amide bonds. The summed E-state index contributed by atoms with van der Waals surface area (Å²) in [4.78, 5) is 28.2. The van der Waals surface area contributed by atoms with Crippen molar-refractivity contribution in [1.82, 2.24) is 4.90 Å². The predicted octanol–water partition coefficient (Wildman–Crippen LogP) is 6.19. The highest BCUT2D eigenvalue weighted by molar-refractivity contribution is 6.30. The number of halogens is 1. The van der Waals surface area contributed by atoms with Crippen LogP contribution >= 0.6 is 11.6 Å². The summed E-state index contributed by atoms with van der Waals surface area (Å²) in [7, 11) is 0. The van der Waals surface area contributed by atoms with Gasteiger partial charge in [0.05, 0.1) is 10.5 Å². The number of benzene rings is 3. The molecule has 0 atom stereocenters. The maximum atomic E-state index is 12.4. The molecule has 3 aromatic carbocycles. The molecule has 188 valence electrons. The van der Waals surface area contributed by atoms with Crippen molar-refractivity contribution in [1.29, 1.82) is 0 Å². The summed E-state index contributed by atoms with van der Waals surface area (Å²) in [6.45, 7) is 8.90. The van der Waals surface area contributed by atoms with Gasteiger partial charge in [-0.3, -0.25) is 15.0 Å². The van der Waals surface area contributed by atoms with Crippen molar-refractivity contribution < 1.29 is 14.5 Å². The van der Waals surface area contributed by atoms with Gasteiger partial charge < -0.3 is 9.64 Å². The van der Waals surface area contributed by atoms with E-state index in [9.17, 15) is 14.9 Å². The number of carbonyl (C=O) groups excluding carboxylic acids is 1. The van der Waals surface area contributed by atoms with Gasteiger partial charge in [0.2, 0.25) is 0 Å². The molecule has 1 aliphatic heterocycles. The van der Waals surface area contributed by atoms with Crippen LogP contribution in [0.25, 0.3) is 11.1 Å². The molecule has 0 saturated carbocycles. The van der Waals surface area contributed by atoms with Crippen LogP contribution < -0.4 is 4.90 Å². The molecule has 0 aliphatic carbocycles. The Balaban J connectivity index is 1.46. The number of nitro benzene ring substituents is 1. The normalized spacial score (nSPS) is 14.5. The van der Waals surface area contributed by atoms with Crippen molar-refractivity contribution in [2.75, 3.05) is 31.1 Å². The van der Waals surface area contributed by atoms with Crippen LogP contribution in [0.5, 0.6) is 0 Å². The fourth-order valence-electron chi connectivity index (χ4n) is 4.36. The molecule has 3 aromatic rings. The van der Waals surface area contributed by atoms with E-state index in [1.165, 1.54) is 17.2 Å².